The lowest BCUT2D eigenvalue weighted by molar-refractivity contribution is 0.102. The van der Waals surface area contributed by atoms with E-state index in [9.17, 15) is 9.18 Å². The smallest absolute Gasteiger partial charge is 0.261 e. The molecular weight excluding hydrogens is 251 g/mol. The number of amides is 1. The maximum atomic E-state index is 13.2. The van der Waals surface area contributed by atoms with Crippen molar-refractivity contribution in [3.63, 3.8) is 0 Å². The van der Waals surface area contributed by atoms with Crippen LogP contribution in [-0.4, -0.2) is 32.2 Å². The van der Waals surface area contributed by atoms with Gasteiger partial charge >= 0.3 is 0 Å². The first kappa shape index (κ1) is 12.9. The number of aryl methyl sites for hydroxylation is 1. The predicted molar refractivity (Wildman–Crippen MR) is 67.3 cm³/mol. The molecule has 0 bridgehead atoms. The lowest BCUT2D eigenvalue weighted by atomic mass is 10.2. The SMILES string of the molecule is CCNc1ncc(F)cc1C(=O)Nc1ncnn1C. The number of nitrogens with zero attached hydrogens (tertiary/aromatic N) is 4. The van der Waals surface area contributed by atoms with Crippen molar-refractivity contribution < 1.29 is 9.18 Å². The number of anilines is 2. The summed E-state index contributed by atoms with van der Waals surface area (Å²) >= 11 is 0. The molecule has 2 N–H and O–H groups in total. The van der Waals surface area contributed by atoms with E-state index >= 15 is 0 Å². The van der Waals surface area contributed by atoms with Crippen LogP contribution in [0.2, 0.25) is 0 Å². The summed E-state index contributed by atoms with van der Waals surface area (Å²) in [6, 6.07) is 1.12. The van der Waals surface area contributed by atoms with E-state index in [1.807, 2.05) is 6.92 Å². The van der Waals surface area contributed by atoms with Crippen LogP contribution >= 0.6 is 0 Å². The number of halogens is 1. The Morgan fingerprint density at radius 2 is 2.26 bits per heavy atom. The van der Waals surface area contributed by atoms with Crippen molar-refractivity contribution in [1.82, 2.24) is 19.7 Å². The quantitative estimate of drug-likeness (QED) is 0.861. The summed E-state index contributed by atoms with van der Waals surface area (Å²) in [5.74, 6) is -0.482. The molecule has 0 radical (unpaired) electrons. The number of pyridine rings is 1. The normalized spacial score (nSPS) is 10.3. The Labute approximate surface area is 108 Å². The minimum atomic E-state index is -0.579. The molecule has 0 fully saturated rings. The molecule has 0 spiro atoms. The Morgan fingerprint density at radius 1 is 1.47 bits per heavy atom. The third-order valence-corrected chi connectivity index (χ3v) is 2.38. The number of hydrogen-bond acceptors (Lipinski definition) is 5. The fraction of sp³-hybridized carbons (Fsp3) is 0.273. The molecular formula is C11H13FN6O. The Morgan fingerprint density at radius 3 is 2.89 bits per heavy atom. The van der Waals surface area contributed by atoms with Gasteiger partial charge in [-0.3, -0.25) is 10.1 Å². The molecule has 0 unspecified atom stereocenters. The molecule has 2 aromatic rings. The van der Waals surface area contributed by atoms with Crippen molar-refractivity contribution in [2.24, 2.45) is 7.05 Å². The number of carbonyl (C=O) groups excluding carboxylic acids is 1. The van der Waals surface area contributed by atoms with Gasteiger partial charge in [-0.15, -0.1) is 0 Å². The minimum Gasteiger partial charge on any atom is -0.370 e. The van der Waals surface area contributed by atoms with Gasteiger partial charge in [-0.2, -0.15) is 10.1 Å². The second kappa shape index (κ2) is 5.42. The molecule has 0 saturated carbocycles. The fourth-order valence-corrected chi connectivity index (χ4v) is 1.50. The van der Waals surface area contributed by atoms with Crippen molar-refractivity contribution in [1.29, 1.82) is 0 Å². The summed E-state index contributed by atoms with van der Waals surface area (Å²) < 4.78 is 14.6. The van der Waals surface area contributed by atoms with Gasteiger partial charge < -0.3 is 5.32 Å². The van der Waals surface area contributed by atoms with E-state index in [-0.39, 0.29) is 11.5 Å². The first-order valence-electron chi connectivity index (χ1n) is 5.66. The molecule has 7 nitrogen and oxygen atoms in total. The second-order valence-electron chi connectivity index (χ2n) is 3.74. The molecule has 0 saturated heterocycles. The molecule has 1 amide bonds. The van der Waals surface area contributed by atoms with Gasteiger partial charge in [-0.25, -0.2) is 14.1 Å². The van der Waals surface area contributed by atoms with Crippen molar-refractivity contribution in [3.05, 3.63) is 30.0 Å². The lowest BCUT2D eigenvalue weighted by Crippen LogP contribution is -2.18. The summed E-state index contributed by atoms with van der Waals surface area (Å²) in [5.41, 5.74) is 0.116. The molecule has 8 heteroatoms. The Bertz CT molecular complexity index is 597. The second-order valence-corrected chi connectivity index (χ2v) is 3.74. The first-order valence-corrected chi connectivity index (χ1v) is 5.66. The third kappa shape index (κ3) is 2.84. The number of rotatable bonds is 4. The van der Waals surface area contributed by atoms with Crippen molar-refractivity contribution in [2.75, 3.05) is 17.2 Å². The summed E-state index contributed by atoms with van der Waals surface area (Å²) in [6.45, 7) is 2.43. The number of aromatic nitrogens is 4. The molecule has 2 heterocycles. The Balaban J connectivity index is 2.27. The Kier molecular flexibility index (Phi) is 3.69. The van der Waals surface area contributed by atoms with E-state index in [1.165, 1.54) is 11.0 Å². The fourth-order valence-electron chi connectivity index (χ4n) is 1.50. The summed E-state index contributed by atoms with van der Waals surface area (Å²) in [5, 5.41) is 9.26. The van der Waals surface area contributed by atoms with E-state index in [4.69, 9.17) is 0 Å². The van der Waals surface area contributed by atoms with Gasteiger partial charge in [0.05, 0.1) is 11.8 Å². The first-order chi connectivity index (χ1) is 9.11. The van der Waals surface area contributed by atoms with Gasteiger partial charge in [0.25, 0.3) is 5.91 Å². The molecule has 0 atom stereocenters. The molecule has 100 valence electrons. The highest BCUT2D eigenvalue weighted by molar-refractivity contribution is 6.06. The van der Waals surface area contributed by atoms with Crippen molar-refractivity contribution >= 4 is 17.7 Å². The Hall–Kier alpha value is -2.51. The van der Waals surface area contributed by atoms with E-state index in [1.54, 1.807) is 7.05 Å². The van der Waals surface area contributed by atoms with Crippen molar-refractivity contribution in [2.45, 2.75) is 6.92 Å². The van der Waals surface area contributed by atoms with E-state index in [0.29, 0.717) is 12.4 Å². The average Bonchev–Trinajstić information content (AvgIpc) is 2.77. The lowest BCUT2D eigenvalue weighted by Gasteiger charge is -2.09. The van der Waals surface area contributed by atoms with E-state index in [0.717, 1.165) is 12.3 Å². The van der Waals surface area contributed by atoms with Crippen LogP contribution in [-0.2, 0) is 7.05 Å². The average molecular weight is 264 g/mol. The zero-order valence-corrected chi connectivity index (χ0v) is 10.5. The standard InChI is InChI=1S/C11H13FN6O/c1-3-13-9-8(4-7(12)5-14-9)10(19)17-11-15-6-16-18(11)2/h4-6H,3H2,1-2H3,(H,13,14)(H,15,16,17,19). The highest BCUT2D eigenvalue weighted by Crippen LogP contribution is 2.15. The molecule has 0 aliphatic rings. The van der Waals surface area contributed by atoms with Gasteiger partial charge in [0.1, 0.15) is 18.0 Å². The number of carbonyl (C=O) groups is 1. The topological polar surface area (TPSA) is 84.7 Å². The van der Waals surface area contributed by atoms with Gasteiger partial charge in [-0.05, 0) is 13.0 Å². The van der Waals surface area contributed by atoms with E-state index in [2.05, 4.69) is 25.7 Å². The highest BCUT2D eigenvalue weighted by Gasteiger charge is 2.15. The summed E-state index contributed by atoms with van der Waals surface area (Å²) in [6.07, 6.45) is 2.36. The van der Waals surface area contributed by atoms with Crippen LogP contribution in [0.25, 0.3) is 0 Å². The zero-order chi connectivity index (χ0) is 13.8. The zero-order valence-electron chi connectivity index (χ0n) is 10.5. The van der Waals surface area contributed by atoms with Crippen LogP contribution in [0.4, 0.5) is 16.2 Å². The van der Waals surface area contributed by atoms with Crippen LogP contribution in [0.5, 0.6) is 0 Å². The number of hydrogen-bond donors (Lipinski definition) is 2. The van der Waals surface area contributed by atoms with Crippen LogP contribution in [0.15, 0.2) is 18.6 Å². The molecule has 2 aromatic heterocycles. The number of nitrogens with one attached hydrogen (secondary N) is 2. The van der Waals surface area contributed by atoms with Gasteiger partial charge in [0.2, 0.25) is 5.95 Å². The van der Waals surface area contributed by atoms with Gasteiger partial charge in [-0.1, -0.05) is 0 Å². The minimum absolute atomic E-state index is 0.116. The van der Waals surface area contributed by atoms with Crippen LogP contribution in [0, 0.1) is 5.82 Å². The van der Waals surface area contributed by atoms with Crippen LogP contribution in [0.1, 0.15) is 17.3 Å². The third-order valence-electron chi connectivity index (χ3n) is 2.38. The maximum absolute atomic E-state index is 13.2. The largest absolute Gasteiger partial charge is 0.370 e. The van der Waals surface area contributed by atoms with Crippen molar-refractivity contribution in [3.8, 4) is 0 Å². The van der Waals surface area contributed by atoms with E-state index < -0.39 is 11.7 Å². The maximum Gasteiger partial charge on any atom is 0.261 e. The molecule has 0 aliphatic heterocycles. The van der Waals surface area contributed by atoms with Gasteiger partial charge in [0.15, 0.2) is 0 Å². The summed E-state index contributed by atoms with van der Waals surface area (Å²) in [4.78, 5) is 19.8. The van der Waals surface area contributed by atoms with Crippen LogP contribution in [0.3, 0.4) is 0 Å². The molecule has 0 aromatic carbocycles. The predicted octanol–water partition coefficient (Wildman–Crippen LogP) is 1.03. The monoisotopic (exact) mass is 264 g/mol. The highest BCUT2D eigenvalue weighted by atomic mass is 19.1. The molecule has 0 aliphatic carbocycles. The summed E-state index contributed by atoms with van der Waals surface area (Å²) in [7, 11) is 1.64. The van der Waals surface area contributed by atoms with Gasteiger partial charge in [0, 0.05) is 13.6 Å². The molecule has 2 rings (SSSR count). The molecule has 19 heavy (non-hydrogen) atoms. The van der Waals surface area contributed by atoms with Crippen LogP contribution < -0.4 is 10.6 Å².